The molecule has 0 saturated heterocycles. The Balaban J connectivity index is 1.45. The van der Waals surface area contributed by atoms with E-state index in [1.165, 1.54) is 45.1 Å². The smallest absolute Gasteiger partial charge is 0.0443 e. The minimum absolute atomic E-state index is 0.365. The maximum absolute atomic E-state index is 9.19. The molecule has 4 bridgehead atoms. The maximum atomic E-state index is 9.19. The predicted molar refractivity (Wildman–Crippen MR) is 81.5 cm³/mol. The maximum Gasteiger partial charge on any atom is 0.0443 e. The van der Waals surface area contributed by atoms with Crippen molar-refractivity contribution in [3.05, 3.63) is 0 Å². The standard InChI is InChI=1S/C18H31NO/c20-6-2-5-19(17-3-1-4-17)13-18-10-14-7-15(11-18)9-16(8-14)12-18/h14-17,20H,1-13H2. The molecule has 0 radical (unpaired) electrons. The minimum Gasteiger partial charge on any atom is -0.396 e. The van der Waals surface area contributed by atoms with E-state index in [1.54, 1.807) is 19.3 Å². The molecular weight excluding hydrogens is 246 g/mol. The third kappa shape index (κ3) is 2.43. The van der Waals surface area contributed by atoms with Gasteiger partial charge in [0.05, 0.1) is 0 Å². The largest absolute Gasteiger partial charge is 0.396 e. The topological polar surface area (TPSA) is 23.5 Å². The summed E-state index contributed by atoms with van der Waals surface area (Å²) in [6.45, 7) is 2.87. The van der Waals surface area contributed by atoms with Crippen molar-refractivity contribution in [2.45, 2.75) is 70.3 Å². The van der Waals surface area contributed by atoms with E-state index in [1.807, 2.05) is 0 Å². The van der Waals surface area contributed by atoms with Crippen molar-refractivity contribution < 1.29 is 5.11 Å². The first-order valence-corrected chi connectivity index (χ1v) is 9.11. The molecule has 0 aromatic rings. The van der Waals surface area contributed by atoms with Gasteiger partial charge in [-0.15, -0.1) is 0 Å². The van der Waals surface area contributed by atoms with Gasteiger partial charge < -0.3 is 5.11 Å². The van der Waals surface area contributed by atoms with Gasteiger partial charge in [-0.25, -0.2) is 0 Å². The molecule has 0 heterocycles. The Bertz CT molecular complexity index is 314. The summed E-state index contributed by atoms with van der Waals surface area (Å²) in [6.07, 6.45) is 14.5. The lowest BCUT2D eigenvalue weighted by atomic mass is 9.49. The lowest BCUT2D eigenvalue weighted by molar-refractivity contribution is -0.0796. The molecule has 5 saturated carbocycles. The van der Waals surface area contributed by atoms with Crippen molar-refractivity contribution in [3.8, 4) is 0 Å². The Hall–Kier alpha value is -0.0800. The average Bonchev–Trinajstić information content (AvgIpc) is 2.31. The van der Waals surface area contributed by atoms with Gasteiger partial charge in [-0.1, -0.05) is 6.42 Å². The molecule has 0 aromatic carbocycles. The first kappa shape index (κ1) is 13.6. The van der Waals surface area contributed by atoms with Crippen molar-refractivity contribution in [2.24, 2.45) is 23.2 Å². The molecule has 2 heteroatoms. The Kier molecular flexibility index (Phi) is 3.58. The summed E-state index contributed by atoms with van der Waals surface area (Å²) in [6, 6.07) is 0.856. The van der Waals surface area contributed by atoms with Crippen LogP contribution in [-0.4, -0.2) is 35.7 Å². The van der Waals surface area contributed by atoms with Crippen LogP contribution in [-0.2, 0) is 0 Å². The van der Waals surface area contributed by atoms with Crippen molar-refractivity contribution in [1.82, 2.24) is 4.90 Å². The molecule has 20 heavy (non-hydrogen) atoms. The molecule has 5 fully saturated rings. The summed E-state index contributed by atoms with van der Waals surface area (Å²) in [4.78, 5) is 2.78. The molecule has 2 nitrogen and oxygen atoms in total. The zero-order valence-corrected chi connectivity index (χ0v) is 12.9. The zero-order valence-electron chi connectivity index (χ0n) is 12.9. The minimum atomic E-state index is 0.365. The van der Waals surface area contributed by atoms with Gasteiger partial charge in [0, 0.05) is 25.7 Å². The average molecular weight is 277 g/mol. The van der Waals surface area contributed by atoms with Crippen LogP contribution in [0.25, 0.3) is 0 Å². The van der Waals surface area contributed by atoms with Gasteiger partial charge in [-0.2, -0.15) is 0 Å². The fourth-order valence-corrected chi connectivity index (χ4v) is 6.33. The molecule has 1 N–H and O–H groups in total. The second-order valence-electron chi connectivity index (χ2n) is 8.55. The van der Waals surface area contributed by atoms with Crippen LogP contribution in [0, 0.1) is 23.2 Å². The number of hydrogen-bond donors (Lipinski definition) is 1. The molecular formula is C18H31NO. The quantitative estimate of drug-likeness (QED) is 0.804. The van der Waals surface area contributed by atoms with Crippen LogP contribution in [0.2, 0.25) is 0 Å². The molecule has 0 aromatic heterocycles. The number of aliphatic hydroxyl groups excluding tert-OH is 1. The molecule has 0 spiro atoms. The van der Waals surface area contributed by atoms with Crippen LogP contribution in [0.1, 0.15) is 64.2 Å². The van der Waals surface area contributed by atoms with E-state index in [2.05, 4.69) is 4.90 Å². The van der Waals surface area contributed by atoms with Crippen molar-refractivity contribution in [3.63, 3.8) is 0 Å². The SMILES string of the molecule is OCCCN(CC12CC3CC(CC(C3)C1)C2)C1CCC1. The summed E-state index contributed by atoms with van der Waals surface area (Å²) in [5.41, 5.74) is 0.680. The van der Waals surface area contributed by atoms with Crippen LogP contribution in [0.4, 0.5) is 0 Å². The van der Waals surface area contributed by atoms with E-state index in [0.29, 0.717) is 12.0 Å². The zero-order chi connectivity index (χ0) is 13.6. The Morgan fingerprint density at radius 2 is 1.55 bits per heavy atom. The van der Waals surface area contributed by atoms with Crippen LogP contribution in [0.3, 0.4) is 0 Å². The molecule has 5 aliphatic carbocycles. The Labute approximate surface area is 123 Å². The summed E-state index contributed by atoms with van der Waals surface area (Å²) >= 11 is 0. The van der Waals surface area contributed by atoms with Crippen LogP contribution in [0.5, 0.6) is 0 Å². The van der Waals surface area contributed by atoms with Crippen molar-refractivity contribution in [2.75, 3.05) is 19.7 Å². The second kappa shape index (κ2) is 5.28. The summed E-state index contributed by atoms with van der Waals surface area (Å²) in [7, 11) is 0. The van der Waals surface area contributed by atoms with Gasteiger partial charge in [-0.3, -0.25) is 4.90 Å². The number of hydrogen-bond acceptors (Lipinski definition) is 2. The normalized spacial score (nSPS) is 43.2. The van der Waals surface area contributed by atoms with E-state index in [0.717, 1.165) is 36.8 Å². The highest BCUT2D eigenvalue weighted by Gasteiger charge is 2.51. The fraction of sp³-hybridized carbons (Fsp3) is 1.00. The van der Waals surface area contributed by atoms with E-state index >= 15 is 0 Å². The molecule has 0 atom stereocenters. The van der Waals surface area contributed by atoms with Gasteiger partial charge in [0.1, 0.15) is 0 Å². The van der Waals surface area contributed by atoms with Gasteiger partial charge in [-0.05, 0) is 81.0 Å². The van der Waals surface area contributed by atoms with Crippen molar-refractivity contribution in [1.29, 1.82) is 0 Å². The van der Waals surface area contributed by atoms with Crippen LogP contribution >= 0.6 is 0 Å². The molecule has 5 aliphatic rings. The molecule has 0 unspecified atom stereocenters. The van der Waals surface area contributed by atoms with E-state index in [9.17, 15) is 5.11 Å². The fourth-order valence-electron chi connectivity index (χ4n) is 6.33. The Morgan fingerprint density at radius 3 is 2.00 bits per heavy atom. The van der Waals surface area contributed by atoms with Crippen LogP contribution in [0.15, 0.2) is 0 Å². The first-order valence-electron chi connectivity index (χ1n) is 9.11. The van der Waals surface area contributed by atoms with Gasteiger partial charge in [0.25, 0.3) is 0 Å². The number of nitrogens with zero attached hydrogens (tertiary/aromatic N) is 1. The molecule has 0 amide bonds. The second-order valence-corrected chi connectivity index (χ2v) is 8.55. The van der Waals surface area contributed by atoms with Gasteiger partial charge in [0.15, 0.2) is 0 Å². The van der Waals surface area contributed by atoms with Gasteiger partial charge >= 0.3 is 0 Å². The number of aliphatic hydroxyl groups is 1. The van der Waals surface area contributed by atoms with Crippen LogP contribution < -0.4 is 0 Å². The first-order chi connectivity index (χ1) is 9.76. The lowest BCUT2D eigenvalue weighted by Gasteiger charge is -2.58. The predicted octanol–water partition coefficient (Wildman–Crippen LogP) is 3.44. The monoisotopic (exact) mass is 277 g/mol. The van der Waals surface area contributed by atoms with Crippen molar-refractivity contribution >= 4 is 0 Å². The highest BCUT2D eigenvalue weighted by atomic mass is 16.3. The van der Waals surface area contributed by atoms with E-state index in [-0.39, 0.29) is 0 Å². The third-order valence-electron chi connectivity index (χ3n) is 6.90. The summed E-state index contributed by atoms with van der Waals surface area (Å²) < 4.78 is 0. The Morgan fingerprint density at radius 1 is 0.950 bits per heavy atom. The highest BCUT2D eigenvalue weighted by Crippen LogP contribution is 2.60. The van der Waals surface area contributed by atoms with E-state index in [4.69, 9.17) is 0 Å². The third-order valence-corrected chi connectivity index (χ3v) is 6.90. The molecule has 5 rings (SSSR count). The highest BCUT2D eigenvalue weighted by molar-refractivity contribution is 5.03. The summed E-state index contributed by atoms with van der Waals surface area (Å²) in [5, 5.41) is 9.19. The van der Waals surface area contributed by atoms with Gasteiger partial charge in [0.2, 0.25) is 0 Å². The molecule has 0 aliphatic heterocycles. The number of rotatable bonds is 6. The summed E-state index contributed by atoms with van der Waals surface area (Å²) in [5.74, 6) is 3.21. The molecule has 114 valence electrons. The van der Waals surface area contributed by atoms with E-state index < -0.39 is 0 Å². The lowest BCUT2D eigenvalue weighted by Crippen LogP contribution is -2.54.